The molecule has 1 aromatic rings. The lowest BCUT2D eigenvalue weighted by molar-refractivity contribution is -0.124. The van der Waals surface area contributed by atoms with Gasteiger partial charge in [-0.1, -0.05) is 35.4 Å². The van der Waals surface area contributed by atoms with Crippen molar-refractivity contribution in [2.24, 2.45) is 35.5 Å². The summed E-state index contributed by atoms with van der Waals surface area (Å²) in [4.78, 5) is 27.1. The molecule has 1 saturated heterocycles. The van der Waals surface area contributed by atoms with Crippen LogP contribution in [0.2, 0.25) is 10.0 Å². The Morgan fingerprint density at radius 1 is 0.909 bits per heavy atom. The summed E-state index contributed by atoms with van der Waals surface area (Å²) in [5.41, 5.74) is 0.534. The molecule has 2 amide bonds. The first-order chi connectivity index (χ1) is 10.6. The summed E-state index contributed by atoms with van der Waals surface area (Å²) < 4.78 is 0. The van der Waals surface area contributed by atoms with E-state index >= 15 is 0 Å². The molecule has 1 aromatic carbocycles. The molecule has 1 aliphatic heterocycles. The minimum atomic E-state index is -0.180. The van der Waals surface area contributed by atoms with Gasteiger partial charge in [0.1, 0.15) is 0 Å². The van der Waals surface area contributed by atoms with E-state index in [-0.39, 0.29) is 35.5 Å². The number of allylic oxidation sites excluding steroid dienone is 2. The second-order valence-electron chi connectivity index (χ2n) is 6.76. The molecule has 0 aromatic heterocycles. The number of rotatable bonds is 1. The first-order valence-corrected chi connectivity index (χ1v) is 8.34. The highest BCUT2D eigenvalue weighted by atomic mass is 35.5. The van der Waals surface area contributed by atoms with Crippen LogP contribution in [0.25, 0.3) is 0 Å². The van der Waals surface area contributed by atoms with Crippen LogP contribution in [0, 0.1) is 35.5 Å². The number of carbonyl (C=O) groups is 2. The molecule has 6 rings (SSSR count). The summed E-state index contributed by atoms with van der Waals surface area (Å²) in [7, 11) is 0. The van der Waals surface area contributed by atoms with Gasteiger partial charge in [0, 0.05) is 0 Å². The maximum Gasteiger partial charge on any atom is 0.238 e. The van der Waals surface area contributed by atoms with Crippen molar-refractivity contribution in [3.8, 4) is 0 Å². The molecule has 0 unspecified atom stereocenters. The van der Waals surface area contributed by atoms with E-state index in [2.05, 4.69) is 12.2 Å². The fraction of sp³-hybridized carbons (Fsp3) is 0.412. The van der Waals surface area contributed by atoms with Gasteiger partial charge in [-0.05, 0) is 48.3 Å². The second-order valence-corrected chi connectivity index (χ2v) is 7.58. The van der Waals surface area contributed by atoms with Crippen LogP contribution in [-0.2, 0) is 9.59 Å². The minimum Gasteiger partial charge on any atom is -0.274 e. The van der Waals surface area contributed by atoms with Crippen molar-refractivity contribution in [2.45, 2.75) is 6.42 Å². The monoisotopic (exact) mass is 333 g/mol. The van der Waals surface area contributed by atoms with Crippen molar-refractivity contribution in [1.29, 1.82) is 0 Å². The number of benzene rings is 1. The number of nitrogens with zero attached hydrogens (tertiary/aromatic N) is 1. The smallest absolute Gasteiger partial charge is 0.238 e. The molecular formula is C17H13Cl2NO2. The number of carbonyl (C=O) groups excluding carboxylic acids is 2. The molecule has 0 N–H and O–H groups in total. The van der Waals surface area contributed by atoms with Gasteiger partial charge in [-0.2, -0.15) is 0 Å². The van der Waals surface area contributed by atoms with E-state index in [4.69, 9.17) is 23.2 Å². The zero-order valence-corrected chi connectivity index (χ0v) is 13.1. The molecule has 2 saturated carbocycles. The Morgan fingerprint density at radius 2 is 1.50 bits per heavy atom. The average molecular weight is 334 g/mol. The molecule has 22 heavy (non-hydrogen) atoms. The lowest BCUT2D eigenvalue weighted by Gasteiger charge is -2.37. The Hall–Kier alpha value is -1.32. The molecule has 2 bridgehead atoms. The molecule has 5 aliphatic rings. The van der Waals surface area contributed by atoms with Crippen molar-refractivity contribution >= 4 is 40.7 Å². The summed E-state index contributed by atoms with van der Waals surface area (Å²) in [6, 6.07) is 4.93. The van der Waals surface area contributed by atoms with Crippen LogP contribution in [0.3, 0.4) is 0 Å². The Labute approximate surface area is 137 Å². The molecule has 112 valence electrons. The number of halogens is 2. The normalized spacial score (nSPS) is 40.9. The highest BCUT2D eigenvalue weighted by molar-refractivity contribution is 6.42. The lowest BCUT2D eigenvalue weighted by atomic mass is 9.63. The van der Waals surface area contributed by atoms with E-state index in [1.807, 2.05) is 0 Å². The maximum absolute atomic E-state index is 12.9. The zero-order chi connectivity index (χ0) is 15.2. The Bertz CT molecular complexity index is 723. The number of imide groups is 1. The maximum atomic E-state index is 12.9. The Balaban J connectivity index is 1.58. The molecule has 5 heteroatoms. The van der Waals surface area contributed by atoms with Crippen LogP contribution in [0.15, 0.2) is 30.4 Å². The molecule has 3 nitrogen and oxygen atoms in total. The Morgan fingerprint density at radius 3 is 2.05 bits per heavy atom. The number of amides is 2. The predicted molar refractivity (Wildman–Crippen MR) is 83.7 cm³/mol. The molecule has 4 aliphatic carbocycles. The third-order valence-electron chi connectivity index (χ3n) is 5.82. The topological polar surface area (TPSA) is 37.4 Å². The molecular weight excluding hydrogens is 321 g/mol. The van der Waals surface area contributed by atoms with E-state index in [1.54, 1.807) is 18.2 Å². The standard InChI is InChI=1S/C17H13Cl2NO2/c18-12-4-1-7(5-13(12)19)20-16(21)14-8-2-3-9(11-6-10(8)11)15(14)17(20)22/h1-5,8-11,14-15H,6H2/t8-,9-,10-,11+,14-,15+/m1/s1. The fourth-order valence-electron chi connectivity index (χ4n) is 4.84. The first kappa shape index (κ1) is 13.1. The fourth-order valence-corrected chi connectivity index (χ4v) is 5.13. The summed E-state index contributed by atoms with van der Waals surface area (Å²) in [6.45, 7) is 0. The first-order valence-electron chi connectivity index (χ1n) is 7.59. The third-order valence-corrected chi connectivity index (χ3v) is 6.56. The van der Waals surface area contributed by atoms with E-state index < -0.39 is 0 Å². The Kier molecular flexibility index (Phi) is 2.48. The third kappa shape index (κ3) is 1.49. The molecule has 6 atom stereocenters. The van der Waals surface area contributed by atoms with Gasteiger partial charge >= 0.3 is 0 Å². The summed E-state index contributed by atoms with van der Waals surface area (Å²) in [5.74, 6) is 1.20. The van der Waals surface area contributed by atoms with Crippen LogP contribution < -0.4 is 4.90 Å². The predicted octanol–water partition coefficient (Wildman–Crippen LogP) is 3.55. The van der Waals surface area contributed by atoms with Crippen molar-refractivity contribution in [1.82, 2.24) is 0 Å². The van der Waals surface area contributed by atoms with E-state index in [9.17, 15) is 9.59 Å². The van der Waals surface area contributed by atoms with Crippen molar-refractivity contribution in [3.63, 3.8) is 0 Å². The summed E-state index contributed by atoms with van der Waals surface area (Å²) >= 11 is 12.0. The van der Waals surface area contributed by atoms with Gasteiger partial charge in [0.15, 0.2) is 0 Å². The van der Waals surface area contributed by atoms with Gasteiger partial charge in [-0.25, -0.2) is 4.90 Å². The van der Waals surface area contributed by atoms with E-state index in [0.717, 1.165) is 0 Å². The van der Waals surface area contributed by atoms with Crippen molar-refractivity contribution in [3.05, 3.63) is 40.4 Å². The van der Waals surface area contributed by atoms with Gasteiger partial charge in [-0.15, -0.1) is 0 Å². The quantitative estimate of drug-likeness (QED) is 0.582. The average Bonchev–Trinajstić information content (AvgIpc) is 3.28. The molecule has 0 radical (unpaired) electrons. The minimum absolute atomic E-state index is 0.0712. The van der Waals surface area contributed by atoms with Crippen LogP contribution in [0.5, 0.6) is 0 Å². The van der Waals surface area contributed by atoms with E-state index in [0.29, 0.717) is 27.6 Å². The number of hydrogen-bond acceptors (Lipinski definition) is 2. The van der Waals surface area contributed by atoms with Crippen molar-refractivity contribution in [2.75, 3.05) is 4.90 Å². The van der Waals surface area contributed by atoms with Gasteiger partial charge in [0.25, 0.3) is 0 Å². The van der Waals surface area contributed by atoms with E-state index in [1.165, 1.54) is 11.3 Å². The van der Waals surface area contributed by atoms with Gasteiger partial charge in [0.05, 0.1) is 27.6 Å². The molecule has 3 fully saturated rings. The van der Waals surface area contributed by atoms with Crippen LogP contribution >= 0.6 is 23.2 Å². The largest absolute Gasteiger partial charge is 0.274 e. The lowest BCUT2D eigenvalue weighted by Crippen LogP contribution is -2.40. The van der Waals surface area contributed by atoms with Crippen molar-refractivity contribution < 1.29 is 9.59 Å². The van der Waals surface area contributed by atoms with Crippen LogP contribution in [-0.4, -0.2) is 11.8 Å². The van der Waals surface area contributed by atoms with Crippen LogP contribution in [0.4, 0.5) is 5.69 Å². The summed E-state index contributed by atoms with van der Waals surface area (Å²) in [6.07, 6.45) is 5.51. The second kappa shape index (κ2) is 4.15. The highest BCUT2D eigenvalue weighted by Crippen LogP contribution is 2.65. The number of hydrogen-bond donors (Lipinski definition) is 0. The van der Waals surface area contributed by atoms with Gasteiger partial charge in [-0.3, -0.25) is 9.59 Å². The summed E-state index contributed by atoms with van der Waals surface area (Å²) in [5, 5.41) is 0.781. The SMILES string of the molecule is O=C1[C@@H]2[C@@H]3C=C[C@H]([C@@H]4C[C@H]34)[C@@H]2C(=O)N1c1ccc(Cl)c(Cl)c1. The number of anilines is 1. The highest BCUT2D eigenvalue weighted by Gasteiger charge is 2.67. The molecule has 1 heterocycles. The zero-order valence-electron chi connectivity index (χ0n) is 11.6. The van der Waals surface area contributed by atoms with Gasteiger partial charge < -0.3 is 0 Å². The van der Waals surface area contributed by atoms with Crippen LogP contribution in [0.1, 0.15) is 6.42 Å². The van der Waals surface area contributed by atoms with Gasteiger partial charge in [0.2, 0.25) is 11.8 Å². The molecule has 0 spiro atoms.